The van der Waals surface area contributed by atoms with Gasteiger partial charge in [-0.25, -0.2) is 0 Å². The van der Waals surface area contributed by atoms with E-state index in [1.165, 1.54) is 0 Å². The van der Waals surface area contributed by atoms with E-state index in [1.807, 2.05) is 63.9 Å². The van der Waals surface area contributed by atoms with Crippen molar-refractivity contribution in [2.24, 2.45) is 0 Å². The first-order chi connectivity index (χ1) is 9.24. The minimum atomic E-state index is -0.327. The number of ether oxygens (including phenoxy) is 1. The number of morpholine rings is 1. The number of nitrogens with zero attached hydrogens (tertiary/aromatic N) is 1. The standard InChI is InChI=1S/C16H24N2O2/c1-15(2)10-18(11-16(3,4)20-15)14(19)12-8-6-7-9-13(12)17-5/h6-9,17H,10-11H2,1-5H3. The van der Waals surface area contributed by atoms with Gasteiger partial charge in [0.25, 0.3) is 5.91 Å². The van der Waals surface area contributed by atoms with Gasteiger partial charge >= 0.3 is 0 Å². The second kappa shape index (κ2) is 5.09. The molecule has 1 fully saturated rings. The van der Waals surface area contributed by atoms with E-state index in [9.17, 15) is 4.79 Å². The third-order valence-electron chi connectivity index (χ3n) is 3.41. The van der Waals surface area contributed by atoms with Crippen molar-refractivity contribution >= 4 is 11.6 Å². The van der Waals surface area contributed by atoms with E-state index in [4.69, 9.17) is 4.74 Å². The van der Waals surface area contributed by atoms with Crippen molar-refractivity contribution in [1.29, 1.82) is 0 Å². The summed E-state index contributed by atoms with van der Waals surface area (Å²) in [6.07, 6.45) is 0. The molecular weight excluding hydrogens is 252 g/mol. The third-order valence-corrected chi connectivity index (χ3v) is 3.41. The van der Waals surface area contributed by atoms with E-state index >= 15 is 0 Å². The first-order valence-electron chi connectivity index (χ1n) is 7.00. The van der Waals surface area contributed by atoms with Crippen LogP contribution in [0, 0.1) is 0 Å². The molecule has 1 aromatic rings. The van der Waals surface area contributed by atoms with Crippen molar-refractivity contribution in [3.05, 3.63) is 29.8 Å². The number of rotatable bonds is 2. The molecule has 1 aliphatic heterocycles. The molecule has 0 spiro atoms. The van der Waals surface area contributed by atoms with Crippen LogP contribution in [-0.2, 0) is 4.74 Å². The number of amides is 1. The summed E-state index contributed by atoms with van der Waals surface area (Å²) in [5, 5.41) is 3.08. The van der Waals surface area contributed by atoms with Gasteiger partial charge in [-0.1, -0.05) is 12.1 Å². The van der Waals surface area contributed by atoms with Gasteiger partial charge in [0, 0.05) is 25.8 Å². The summed E-state index contributed by atoms with van der Waals surface area (Å²) in [5.41, 5.74) is 0.918. The van der Waals surface area contributed by atoms with Gasteiger partial charge in [0.15, 0.2) is 0 Å². The Kier molecular flexibility index (Phi) is 3.78. The Bertz CT molecular complexity index is 493. The van der Waals surface area contributed by atoms with Crippen LogP contribution >= 0.6 is 0 Å². The molecule has 0 atom stereocenters. The SMILES string of the molecule is CNc1ccccc1C(=O)N1CC(C)(C)OC(C)(C)C1. The molecule has 1 saturated heterocycles. The number of para-hydroxylation sites is 1. The average molecular weight is 276 g/mol. The van der Waals surface area contributed by atoms with E-state index in [1.54, 1.807) is 0 Å². The molecule has 0 unspecified atom stereocenters. The number of hydrogen-bond donors (Lipinski definition) is 1. The summed E-state index contributed by atoms with van der Waals surface area (Å²) in [6.45, 7) is 9.31. The number of anilines is 1. The lowest BCUT2D eigenvalue weighted by Gasteiger charge is -2.47. The highest BCUT2D eigenvalue weighted by molar-refractivity contribution is 5.99. The quantitative estimate of drug-likeness (QED) is 0.903. The highest BCUT2D eigenvalue weighted by Crippen LogP contribution is 2.29. The van der Waals surface area contributed by atoms with E-state index in [-0.39, 0.29) is 17.1 Å². The maximum absolute atomic E-state index is 12.8. The van der Waals surface area contributed by atoms with Crippen LogP contribution in [0.15, 0.2) is 24.3 Å². The van der Waals surface area contributed by atoms with Gasteiger partial charge in [0.05, 0.1) is 16.8 Å². The molecule has 1 aromatic carbocycles. The molecule has 0 aliphatic carbocycles. The van der Waals surface area contributed by atoms with Crippen LogP contribution in [0.2, 0.25) is 0 Å². The number of carbonyl (C=O) groups is 1. The predicted octanol–water partition coefficient (Wildman–Crippen LogP) is 2.76. The number of hydrogen-bond acceptors (Lipinski definition) is 3. The molecule has 0 aromatic heterocycles. The summed E-state index contributed by atoms with van der Waals surface area (Å²) < 4.78 is 6.02. The molecular formula is C16H24N2O2. The summed E-state index contributed by atoms with van der Waals surface area (Å²) in [5.74, 6) is 0.0550. The van der Waals surface area contributed by atoms with E-state index in [2.05, 4.69) is 5.32 Å². The van der Waals surface area contributed by atoms with Gasteiger partial charge < -0.3 is 15.0 Å². The zero-order valence-electron chi connectivity index (χ0n) is 13.0. The molecule has 0 saturated carbocycles. The Morgan fingerprint density at radius 3 is 2.25 bits per heavy atom. The van der Waals surface area contributed by atoms with Crippen LogP contribution in [0.5, 0.6) is 0 Å². The molecule has 1 amide bonds. The maximum atomic E-state index is 12.8. The zero-order valence-corrected chi connectivity index (χ0v) is 13.0. The fourth-order valence-corrected chi connectivity index (χ4v) is 2.99. The van der Waals surface area contributed by atoms with Crippen molar-refractivity contribution in [3.63, 3.8) is 0 Å². The molecule has 110 valence electrons. The van der Waals surface area contributed by atoms with Gasteiger partial charge in [-0.15, -0.1) is 0 Å². The largest absolute Gasteiger partial charge is 0.387 e. The Hall–Kier alpha value is -1.55. The average Bonchev–Trinajstić information content (AvgIpc) is 2.34. The fourth-order valence-electron chi connectivity index (χ4n) is 2.99. The van der Waals surface area contributed by atoms with Crippen LogP contribution in [0.1, 0.15) is 38.1 Å². The van der Waals surface area contributed by atoms with E-state index in [0.29, 0.717) is 18.7 Å². The molecule has 1 N–H and O–H groups in total. The predicted molar refractivity (Wildman–Crippen MR) is 81.1 cm³/mol. The second-order valence-corrected chi connectivity index (χ2v) is 6.58. The minimum Gasteiger partial charge on any atom is -0.387 e. The van der Waals surface area contributed by atoms with Crippen molar-refractivity contribution in [2.75, 3.05) is 25.5 Å². The van der Waals surface area contributed by atoms with Gasteiger partial charge in [0.2, 0.25) is 0 Å². The number of benzene rings is 1. The minimum absolute atomic E-state index is 0.0550. The summed E-state index contributed by atoms with van der Waals surface area (Å²) in [7, 11) is 1.83. The first-order valence-corrected chi connectivity index (χ1v) is 7.00. The molecule has 20 heavy (non-hydrogen) atoms. The highest BCUT2D eigenvalue weighted by atomic mass is 16.5. The maximum Gasteiger partial charge on any atom is 0.256 e. The third kappa shape index (κ3) is 3.12. The van der Waals surface area contributed by atoms with Crippen molar-refractivity contribution < 1.29 is 9.53 Å². The Morgan fingerprint density at radius 2 is 1.70 bits per heavy atom. The van der Waals surface area contributed by atoms with Gasteiger partial charge in [-0.2, -0.15) is 0 Å². The van der Waals surface area contributed by atoms with Gasteiger partial charge in [-0.3, -0.25) is 4.79 Å². The van der Waals surface area contributed by atoms with Crippen LogP contribution in [0.4, 0.5) is 5.69 Å². The summed E-state index contributed by atoms with van der Waals surface area (Å²) >= 11 is 0. The first kappa shape index (κ1) is 14.9. The highest BCUT2D eigenvalue weighted by Gasteiger charge is 2.40. The lowest BCUT2D eigenvalue weighted by atomic mass is 9.98. The summed E-state index contributed by atoms with van der Waals surface area (Å²) in [6, 6.07) is 7.61. The molecule has 4 nitrogen and oxygen atoms in total. The van der Waals surface area contributed by atoms with Crippen molar-refractivity contribution in [3.8, 4) is 0 Å². The Morgan fingerprint density at radius 1 is 1.15 bits per heavy atom. The monoisotopic (exact) mass is 276 g/mol. The lowest BCUT2D eigenvalue weighted by molar-refractivity contribution is -0.171. The fraction of sp³-hybridized carbons (Fsp3) is 0.562. The zero-order chi connectivity index (χ0) is 15.0. The molecule has 4 heteroatoms. The molecule has 2 rings (SSSR count). The van der Waals surface area contributed by atoms with Crippen LogP contribution in [-0.4, -0.2) is 42.1 Å². The van der Waals surface area contributed by atoms with E-state index in [0.717, 1.165) is 5.69 Å². The topological polar surface area (TPSA) is 41.6 Å². The second-order valence-electron chi connectivity index (χ2n) is 6.58. The van der Waals surface area contributed by atoms with Crippen LogP contribution in [0.25, 0.3) is 0 Å². The molecule has 0 bridgehead atoms. The van der Waals surface area contributed by atoms with Gasteiger partial charge in [-0.05, 0) is 39.8 Å². The number of carbonyl (C=O) groups excluding carboxylic acids is 1. The van der Waals surface area contributed by atoms with Crippen molar-refractivity contribution in [2.45, 2.75) is 38.9 Å². The van der Waals surface area contributed by atoms with Gasteiger partial charge in [0.1, 0.15) is 0 Å². The smallest absolute Gasteiger partial charge is 0.256 e. The number of nitrogens with one attached hydrogen (secondary N) is 1. The van der Waals surface area contributed by atoms with Crippen LogP contribution < -0.4 is 5.32 Å². The van der Waals surface area contributed by atoms with Crippen LogP contribution in [0.3, 0.4) is 0 Å². The summed E-state index contributed by atoms with van der Waals surface area (Å²) in [4.78, 5) is 14.7. The lowest BCUT2D eigenvalue weighted by Crippen LogP contribution is -2.58. The van der Waals surface area contributed by atoms with Crippen molar-refractivity contribution in [1.82, 2.24) is 4.90 Å². The Labute approximate surface area is 121 Å². The molecule has 1 heterocycles. The van der Waals surface area contributed by atoms with E-state index < -0.39 is 0 Å². The molecule has 0 radical (unpaired) electrons. The normalized spacial score (nSPS) is 20.6. The Balaban J connectivity index is 2.28. The molecule has 1 aliphatic rings.